The fraction of sp³-hybridized carbons (Fsp3) is 0.545. The first-order valence-corrected chi connectivity index (χ1v) is 6.94. The van der Waals surface area contributed by atoms with E-state index in [0.29, 0.717) is 5.78 Å². The third kappa shape index (κ3) is 2.44. The molecule has 1 atom stereocenters. The molecular weight excluding hydrogens is 226 g/mol. The van der Waals surface area contributed by atoms with Crippen LogP contribution in [0, 0.1) is 5.92 Å². The predicted octanol–water partition coefficient (Wildman–Crippen LogP) is 2.60. The number of ketones is 1. The summed E-state index contributed by atoms with van der Waals surface area (Å²) < 4.78 is 1.21. The predicted molar refractivity (Wildman–Crippen MR) is 66.0 cm³/mol. The molecule has 0 bridgehead atoms. The number of thiophene rings is 1. The van der Waals surface area contributed by atoms with Gasteiger partial charge in [0.25, 0.3) is 0 Å². The van der Waals surface area contributed by atoms with Crippen LogP contribution in [-0.4, -0.2) is 37.1 Å². The van der Waals surface area contributed by atoms with Gasteiger partial charge in [0.1, 0.15) is 0 Å². The van der Waals surface area contributed by atoms with Crippen molar-refractivity contribution >= 4 is 28.9 Å². The van der Waals surface area contributed by atoms with Crippen molar-refractivity contribution in [1.29, 1.82) is 0 Å². The third-order valence-electron chi connectivity index (χ3n) is 2.55. The maximum atomic E-state index is 12.2. The molecule has 0 aliphatic carbocycles. The summed E-state index contributed by atoms with van der Waals surface area (Å²) in [6, 6.07) is 1.98. The van der Waals surface area contributed by atoms with E-state index in [1.165, 1.54) is 4.21 Å². The van der Waals surface area contributed by atoms with Crippen LogP contribution in [-0.2, 0) is 0 Å². The van der Waals surface area contributed by atoms with Gasteiger partial charge in [-0.05, 0) is 37.7 Å². The van der Waals surface area contributed by atoms with Crippen molar-refractivity contribution in [1.82, 2.24) is 4.90 Å². The molecule has 2 rings (SSSR count). The van der Waals surface area contributed by atoms with E-state index in [4.69, 9.17) is 0 Å². The van der Waals surface area contributed by atoms with Crippen molar-refractivity contribution < 1.29 is 4.79 Å². The highest BCUT2D eigenvalue weighted by molar-refractivity contribution is 8.01. The molecule has 0 N–H and O–H groups in total. The lowest BCUT2D eigenvalue weighted by Crippen LogP contribution is -2.27. The zero-order valence-corrected chi connectivity index (χ0v) is 10.7. The third-order valence-corrected chi connectivity index (χ3v) is 4.82. The van der Waals surface area contributed by atoms with Crippen LogP contribution in [0.1, 0.15) is 16.8 Å². The Morgan fingerprint density at radius 3 is 3.07 bits per heavy atom. The van der Waals surface area contributed by atoms with E-state index < -0.39 is 0 Å². The SMILES string of the molecule is CN(C)CC1CCSc2sccc2C1=O. The molecule has 0 radical (unpaired) electrons. The molecule has 1 unspecified atom stereocenters. The van der Waals surface area contributed by atoms with Gasteiger partial charge in [0.15, 0.2) is 5.78 Å². The largest absolute Gasteiger partial charge is 0.309 e. The molecule has 1 aromatic heterocycles. The van der Waals surface area contributed by atoms with Crippen LogP contribution >= 0.6 is 23.1 Å². The number of thioether (sulfide) groups is 1. The molecule has 0 spiro atoms. The molecule has 0 fully saturated rings. The molecule has 0 amide bonds. The summed E-state index contributed by atoms with van der Waals surface area (Å²) in [5.74, 6) is 1.59. The van der Waals surface area contributed by atoms with E-state index >= 15 is 0 Å². The Balaban J connectivity index is 2.21. The van der Waals surface area contributed by atoms with Crippen LogP contribution < -0.4 is 0 Å². The lowest BCUT2D eigenvalue weighted by atomic mass is 9.97. The monoisotopic (exact) mass is 241 g/mol. The van der Waals surface area contributed by atoms with Gasteiger partial charge < -0.3 is 4.90 Å². The molecule has 0 aromatic carbocycles. The molecule has 1 aromatic rings. The number of Topliss-reactive ketones (excluding diaryl/α,β-unsaturated/α-hetero) is 1. The minimum Gasteiger partial charge on any atom is -0.309 e. The van der Waals surface area contributed by atoms with Crippen molar-refractivity contribution in [2.45, 2.75) is 10.6 Å². The molecule has 0 saturated heterocycles. The molecule has 0 saturated carbocycles. The number of fused-ring (bicyclic) bond motifs is 1. The molecule has 2 heterocycles. The van der Waals surface area contributed by atoms with Crippen LogP contribution in [0.3, 0.4) is 0 Å². The average molecular weight is 241 g/mol. The minimum absolute atomic E-state index is 0.184. The minimum atomic E-state index is 0.184. The molecule has 2 nitrogen and oxygen atoms in total. The Kier molecular flexibility index (Phi) is 3.49. The number of nitrogens with zero attached hydrogens (tertiary/aromatic N) is 1. The Labute approximate surface area is 98.7 Å². The summed E-state index contributed by atoms with van der Waals surface area (Å²) in [5.41, 5.74) is 0.953. The van der Waals surface area contributed by atoms with Crippen molar-refractivity contribution in [2.75, 3.05) is 26.4 Å². The van der Waals surface area contributed by atoms with Gasteiger partial charge in [-0.2, -0.15) is 0 Å². The van der Waals surface area contributed by atoms with Crippen molar-refractivity contribution in [3.63, 3.8) is 0 Å². The van der Waals surface area contributed by atoms with Crippen molar-refractivity contribution in [2.24, 2.45) is 5.92 Å². The molecular formula is C11H15NOS2. The standard InChI is InChI=1S/C11H15NOS2/c1-12(2)7-8-3-5-14-11-9(10(8)13)4-6-15-11/h4,6,8H,3,5,7H2,1-2H3. The highest BCUT2D eigenvalue weighted by Crippen LogP contribution is 2.35. The maximum Gasteiger partial charge on any atom is 0.169 e. The Morgan fingerprint density at radius 2 is 2.33 bits per heavy atom. The van der Waals surface area contributed by atoms with Gasteiger partial charge in [0.05, 0.1) is 4.21 Å². The first-order chi connectivity index (χ1) is 7.18. The van der Waals surface area contributed by atoms with Crippen molar-refractivity contribution in [3.8, 4) is 0 Å². The van der Waals surface area contributed by atoms with Crippen LogP contribution in [0.2, 0.25) is 0 Å². The maximum absolute atomic E-state index is 12.2. The lowest BCUT2D eigenvalue weighted by molar-refractivity contribution is 0.0894. The quantitative estimate of drug-likeness (QED) is 0.794. The first kappa shape index (κ1) is 11.2. The van der Waals surface area contributed by atoms with E-state index in [0.717, 1.165) is 24.3 Å². The number of hydrogen-bond donors (Lipinski definition) is 0. The van der Waals surface area contributed by atoms with Gasteiger partial charge in [0.2, 0.25) is 0 Å². The summed E-state index contributed by atoms with van der Waals surface area (Å²) in [6.07, 6.45) is 1.00. The van der Waals surface area contributed by atoms with Crippen LogP contribution in [0.5, 0.6) is 0 Å². The van der Waals surface area contributed by atoms with Gasteiger partial charge in [-0.25, -0.2) is 0 Å². The Hall–Kier alpha value is -0.320. The lowest BCUT2D eigenvalue weighted by Gasteiger charge is -2.17. The second-order valence-corrected chi connectivity index (χ2v) is 6.36. The first-order valence-electron chi connectivity index (χ1n) is 5.07. The molecule has 1 aliphatic rings. The van der Waals surface area contributed by atoms with E-state index in [9.17, 15) is 4.79 Å². The zero-order chi connectivity index (χ0) is 10.8. The van der Waals surface area contributed by atoms with Gasteiger partial charge in [0, 0.05) is 18.0 Å². The van der Waals surface area contributed by atoms with Crippen molar-refractivity contribution in [3.05, 3.63) is 17.0 Å². The number of carbonyl (C=O) groups excluding carboxylic acids is 1. The average Bonchev–Trinajstić information content (AvgIpc) is 2.58. The second-order valence-electron chi connectivity index (χ2n) is 4.08. The fourth-order valence-electron chi connectivity index (χ4n) is 1.85. The molecule has 1 aliphatic heterocycles. The van der Waals surface area contributed by atoms with E-state index in [1.807, 2.05) is 37.3 Å². The molecule has 4 heteroatoms. The highest BCUT2D eigenvalue weighted by Gasteiger charge is 2.26. The number of hydrogen-bond acceptors (Lipinski definition) is 4. The zero-order valence-electron chi connectivity index (χ0n) is 9.03. The summed E-state index contributed by atoms with van der Waals surface area (Å²) in [6.45, 7) is 0.870. The van der Waals surface area contributed by atoms with Crippen LogP contribution in [0.25, 0.3) is 0 Å². The van der Waals surface area contributed by atoms with E-state index in [2.05, 4.69) is 4.90 Å². The van der Waals surface area contributed by atoms with Gasteiger partial charge in [-0.15, -0.1) is 23.1 Å². The molecule has 82 valence electrons. The number of carbonyl (C=O) groups is 1. The summed E-state index contributed by atoms with van der Waals surface area (Å²) in [7, 11) is 4.06. The van der Waals surface area contributed by atoms with E-state index in [-0.39, 0.29) is 5.92 Å². The summed E-state index contributed by atoms with van der Waals surface area (Å²) in [4.78, 5) is 14.3. The van der Waals surface area contributed by atoms with Gasteiger partial charge >= 0.3 is 0 Å². The van der Waals surface area contributed by atoms with Gasteiger partial charge in [-0.3, -0.25) is 4.79 Å². The Bertz CT molecular complexity index is 359. The van der Waals surface area contributed by atoms with Gasteiger partial charge in [-0.1, -0.05) is 0 Å². The second kappa shape index (κ2) is 4.68. The van der Waals surface area contributed by atoms with Crippen LogP contribution in [0.15, 0.2) is 15.7 Å². The fourth-order valence-corrected chi connectivity index (χ4v) is 4.07. The molecule has 15 heavy (non-hydrogen) atoms. The summed E-state index contributed by atoms with van der Waals surface area (Å²) in [5, 5.41) is 2.02. The van der Waals surface area contributed by atoms with Crippen LogP contribution in [0.4, 0.5) is 0 Å². The normalized spacial score (nSPS) is 21.5. The number of rotatable bonds is 2. The topological polar surface area (TPSA) is 20.3 Å². The smallest absolute Gasteiger partial charge is 0.169 e. The Morgan fingerprint density at radius 1 is 1.53 bits per heavy atom. The van der Waals surface area contributed by atoms with E-state index in [1.54, 1.807) is 11.3 Å². The summed E-state index contributed by atoms with van der Waals surface area (Å²) >= 11 is 3.52. The highest BCUT2D eigenvalue weighted by atomic mass is 32.2.